The smallest absolute Gasteiger partial charge is 0.220 e. The van der Waals surface area contributed by atoms with Gasteiger partial charge >= 0.3 is 0 Å². The van der Waals surface area contributed by atoms with E-state index in [1.54, 1.807) is 11.3 Å². The summed E-state index contributed by atoms with van der Waals surface area (Å²) in [6.45, 7) is 4.93. The molecule has 118 valence electrons. The summed E-state index contributed by atoms with van der Waals surface area (Å²) in [7, 11) is 4.14. The molecule has 2 rings (SSSR count). The third-order valence-electron chi connectivity index (χ3n) is 4.25. The summed E-state index contributed by atoms with van der Waals surface area (Å²) < 4.78 is 0. The van der Waals surface area contributed by atoms with Gasteiger partial charge in [0, 0.05) is 17.8 Å². The highest BCUT2D eigenvalue weighted by Gasteiger charge is 2.20. The zero-order chi connectivity index (χ0) is 15.2. The Morgan fingerprint density at radius 1 is 1.48 bits per heavy atom. The van der Waals surface area contributed by atoms with Gasteiger partial charge in [0.2, 0.25) is 5.91 Å². The average molecular weight is 309 g/mol. The van der Waals surface area contributed by atoms with Crippen LogP contribution >= 0.6 is 11.3 Å². The van der Waals surface area contributed by atoms with Crippen LogP contribution < -0.4 is 10.6 Å². The van der Waals surface area contributed by atoms with Crippen molar-refractivity contribution in [3.63, 3.8) is 0 Å². The highest BCUT2D eigenvalue weighted by Crippen LogP contribution is 2.26. The van der Waals surface area contributed by atoms with Crippen molar-refractivity contribution in [1.82, 2.24) is 15.5 Å². The van der Waals surface area contributed by atoms with E-state index in [1.165, 1.54) is 10.4 Å². The summed E-state index contributed by atoms with van der Waals surface area (Å²) in [5, 5.41) is 8.60. The lowest BCUT2D eigenvalue weighted by atomic mass is 9.94. The van der Waals surface area contributed by atoms with Crippen LogP contribution in [0.2, 0.25) is 0 Å². The van der Waals surface area contributed by atoms with E-state index in [4.69, 9.17) is 0 Å². The average Bonchev–Trinajstić information content (AvgIpc) is 2.86. The van der Waals surface area contributed by atoms with Crippen molar-refractivity contribution in [3.8, 4) is 0 Å². The lowest BCUT2D eigenvalue weighted by Crippen LogP contribution is -2.36. The van der Waals surface area contributed by atoms with Crippen LogP contribution in [0.1, 0.15) is 35.7 Å². The van der Waals surface area contributed by atoms with Crippen molar-refractivity contribution in [1.29, 1.82) is 0 Å². The van der Waals surface area contributed by atoms with E-state index < -0.39 is 0 Å². The summed E-state index contributed by atoms with van der Waals surface area (Å²) >= 11 is 1.77. The summed E-state index contributed by atoms with van der Waals surface area (Å²) in [4.78, 5) is 15.7. The Kier molecular flexibility index (Phi) is 6.21. The van der Waals surface area contributed by atoms with Crippen molar-refractivity contribution in [2.45, 2.75) is 32.2 Å². The predicted octanol–water partition coefficient (Wildman–Crippen LogP) is 2.17. The Hall–Kier alpha value is -0.910. The molecule has 5 heteroatoms. The molecule has 1 saturated heterocycles. The first-order valence-electron chi connectivity index (χ1n) is 7.75. The maximum Gasteiger partial charge on any atom is 0.220 e. The molecular formula is C16H27N3OS. The maximum atomic E-state index is 12.1. The van der Waals surface area contributed by atoms with E-state index in [9.17, 15) is 4.79 Å². The van der Waals surface area contributed by atoms with Gasteiger partial charge in [0.25, 0.3) is 0 Å². The largest absolute Gasteiger partial charge is 0.354 e. The molecule has 1 fully saturated rings. The van der Waals surface area contributed by atoms with Crippen LogP contribution in [0, 0.1) is 12.8 Å². The summed E-state index contributed by atoms with van der Waals surface area (Å²) in [5.41, 5.74) is 1.31. The third-order valence-corrected chi connectivity index (χ3v) is 5.37. The molecule has 4 nitrogen and oxygen atoms in total. The van der Waals surface area contributed by atoms with Crippen LogP contribution in [0.3, 0.4) is 0 Å². The first-order valence-corrected chi connectivity index (χ1v) is 8.63. The van der Waals surface area contributed by atoms with E-state index in [2.05, 4.69) is 48.0 Å². The topological polar surface area (TPSA) is 44.4 Å². The Bertz CT molecular complexity index is 452. The summed E-state index contributed by atoms with van der Waals surface area (Å²) in [6.07, 6.45) is 2.91. The van der Waals surface area contributed by atoms with Crippen LogP contribution in [-0.4, -0.2) is 44.5 Å². The molecule has 1 aromatic heterocycles. The first kappa shape index (κ1) is 16.5. The molecule has 1 amide bonds. The summed E-state index contributed by atoms with van der Waals surface area (Å²) in [5.74, 6) is 0.746. The van der Waals surface area contributed by atoms with Gasteiger partial charge < -0.3 is 15.5 Å². The van der Waals surface area contributed by atoms with E-state index in [1.807, 2.05) is 0 Å². The molecule has 1 atom stereocenters. The highest BCUT2D eigenvalue weighted by atomic mass is 32.1. The van der Waals surface area contributed by atoms with Crippen LogP contribution in [0.25, 0.3) is 0 Å². The van der Waals surface area contributed by atoms with E-state index in [0.717, 1.165) is 25.9 Å². The number of hydrogen-bond acceptors (Lipinski definition) is 4. The number of aryl methyl sites for hydroxylation is 1. The van der Waals surface area contributed by atoms with Gasteiger partial charge in [0.1, 0.15) is 0 Å². The van der Waals surface area contributed by atoms with Gasteiger partial charge in [-0.15, -0.1) is 11.3 Å². The fourth-order valence-corrected chi connectivity index (χ4v) is 3.99. The molecule has 1 aliphatic heterocycles. The molecule has 21 heavy (non-hydrogen) atoms. The van der Waals surface area contributed by atoms with Crippen LogP contribution in [0.4, 0.5) is 0 Å². The molecule has 0 aliphatic carbocycles. The van der Waals surface area contributed by atoms with Gasteiger partial charge in [-0.2, -0.15) is 0 Å². The minimum absolute atomic E-state index is 0.197. The molecule has 0 saturated carbocycles. The normalized spacial score (nSPS) is 17.9. The van der Waals surface area contributed by atoms with Gasteiger partial charge in [-0.05, 0) is 69.9 Å². The monoisotopic (exact) mass is 309 g/mol. The number of hydrogen-bond donors (Lipinski definition) is 2. The molecule has 0 spiro atoms. The molecule has 0 bridgehead atoms. The number of nitrogens with one attached hydrogen (secondary N) is 2. The Morgan fingerprint density at radius 3 is 2.76 bits per heavy atom. The Morgan fingerprint density at radius 2 is 2.19 bits per heavy atom. The van der Waals surface area contributed by atoms with Crippen molar-refractivity contribution in [2.75, 3.05) is 33.7 Å². The minimum Gasteiger partial charge on any atom is -0.354 e. The number of rotatable bonds is 6. The second-order valence-corrected chi connectivity index (χ2v) is 7.10. The lowest BCUT2D eigenvalue weighted by Gasteiger charge is -2.26. The number of carbonyl (C=O) groups excluding carboxylic acids is 1. The van der Waals surface area contributed by atoms with Gasteiger partial charge in [0.15, 0.2) is 0 Å². The molecule has 0 radical (unpaired) electrons. The number of carbonyl (C=O) groups is 1. The molecule has 2 heterocycles. The lowest BCUT2D eigenvalue weighted by molar-refractivity contribution is -0.122. The minimum atomic E-state index is 0.197. The quantitative estimate of drug-likeness (QED) is 0.846. The number of nitrogens with zero attached hydrogens (tertiary/aromatic N) is 1. The second-order valence-electron chi connectivity index (χ2n) is 6.15. The second kappa shape index (κ2) is 7.92. The van der Waals surface area contributed by atoms with Crippen LogP contribution in [0.5, 0.6) is 0 Å². The molecular weight excluding hydrogens is 282 g/mol. The van der Waals surface area contributed by atoms with Gasteiger partial charge in [-0.25, -0.2) is 0 Å². The zero-order valence-corrected chi connectivity index (χ0v) is 14.1. The van der Waals surface area contributed by atoms with Crippen LogP contribution in [0.15, 0.2) is 11.4 Å². The predicted molar refractivity (Wildman–Crippen MR) is 88.7 cm³/mol. The Labute approximate surface area is 131 Å². The molecule has 2 N–H and O–H groups in total. The van der Waals surface area contributed by atoms with Gasteiger partial charge in [0.05, 0.1) is 6.04 Å². The SMILES string of the molecule is Cc1ccsc1C(CNC(=O)CC1CCNCC1)N(C)C. The standard InChI is InChI=1S/C16H27N3OS/c1-12-6-9-21-16(12)14(19(2)3)11-18-15(20)10-13-4-7-17-8-5-13/h6,9,13-14,17H,4-5,7-8,10-11H2,1-3H3,(H,18,20). The van der Waals surface area contributed by atoms with Crippen molar-refractivity contribution >= 4 is 17.2 Å². The molecule has 1 aromatic rings. The van der Waals surface area contributed by atoms with E-state index >= 15 is 0 Å². The maximum absolute atomic E-state index is 12.1. The van der Waals surface area contributed by atoms with E-state index in [0.29, 0.717) is 18.9 Å². The third kappa shape index (κ3) is 4.80. The Balaban J connectivity index is 1.84. The van der Waals surface area contributed by atoms with E-state index in [-0.39, 0.29) is 11.9 Å². The first-order chi connectivity index (χ1) is 10.1. The fourth-order valence-electron chi connectivity index (χ4n) is 2.87. The number of thiophene rings is 1. The number of piperidine rings is 1. The van der Waals surface area contributed by atoms with Crippen LogP contribution in [-0.2, 0) is 4.79 Å². The van der Waals surface area contributed by atoms with Crippen molar-refractivity contribution < 1.29 is 4.79 Å². The van der Waals surface area contributed by atoms with Gasteiger partial charge in [-0.1, -0.05) is 0 Å². The number of likely N-dealkylation sites (N-methyl/N-ethyl adjacent to an activating group) is 1. The summed E-state index contributed by atoms with van der Waals surface area (Å²) in [6, 6.07) is 2.41. The van der Waals surface area contributed by atoms with Crippen molar-refractivity contribution in [3.05, 3.63) is 21.9 Å². The zero-order valence-electron chi connectivity index (χ0n) is 13.3. The van der Waals surface area contributed by atoms with Gasteiger partial charge in [-0.3, -0.25) is 4.79 Å². The molecule has 1 unspecified atom stereocenters. The fraction of sp³-hybridized carbons (Fsp3) is 0.688. The number of amides is 1. The highest BCUT2D eigenvalue weighted by molar-refractivity contribution is 7.10. The molecule has 1 aliphatic rings. The van der Waals surface area contributed by atoms with Crippen molar-refractivity contribution in [2.24, 2.45) is 5.92 Å². The molecule has 0 aromatic carbocycles.